The van der Waals surface area contributed by atoms with Gasteiger partial charge in [0.2, 0.25) is 5.91 Å². The van der Waals surface area contributed by atoms with E-state index in [0.29, 0.717) is 12.1 Å². The Morgan fingerprint density at radius 3 is 2.76 bits per heavy atom. The van der Waals surface area contributed by atoms with Crippen molar-refractivity contribution in [2.24, 2.45) is 7.05 Å². The van der Waals surface area contributed by atoms with E-state index in [0.717, 1.165) is 16.9 Å². The maximum atomic E-state index is 13.2. The molecule has 1 unspecified atom stereocenters. The summed E-state index contributed by atoms with van der Waals surface area (Å²) in [5.74, 6) is 0.0955. The van der Waals surface area contributed by atoms with Crippen molar-refractivity contribution < 1.29 is 14.3 Å². The minimum Gasteiger partial charge on any atom is -0.388 e. The van der Waals surface area contributed by atoms with Gasteiger partial charge in [0, 0.05) is 14.1 Å². The maximum Gasteiger partial charge on any atom is 0.225 e. The number of benzene rings is 2. The molecule has 3 rings (SSSR count). The monoisotopic (exact) mass is 341 g/mol. The second kappa shape index (κ2) is 7.03. The van der Waals surface area contributed by atoms with Crippen molar-refractivity contribution in [1.82, 2.24) is 14.5 Å². The molecule has 0 aliphatic carbocycles. The standard InChI is InChI=1S/C19H20FN3O2/c1-22(12-18-21-15-8-3-4-9-16(15)23(18)2)19(25)11-17(24)13-6-5-7-14(20)10-13/h3-10,17,24H,11-12H2,1-2H3. The summed E-state index contributed by atoms with van der Waals surface area (Å²) in [5.41, 5.74) is 2.27. The molecule has 1 atom stereocenters. The zero-order valence-electron chi connectivity index (χ0n) is 14.2. The normalized spacial score (nSPS) is 12.3. The minimum atomic E-state index is -1.04. The summed E-state index contributed by atoms with van der Waals surface area (Å²) >= 11 is 0. The van der Waals surface area contributed by atoms with Crippen molar-refractivity contribution in [3.63, 3.8) is 0 Å². The topological polar surface area (TPSA) is 58.4 Å². The number of hydrogen-bond acceptors (Lipinski definition) is 3. The Kier molecular flexibility index (Phi) is 4.81. The van der Waals surface area contributed by atoms with E-state index in [1.54, 1.807) is 13.1 Å². The summed E-state index contributed by atoms with van der Waals surface area (Å²) in [6.45, 7) is 0.333. The van der Waals surface area contributed by atoms with Crippen molar-refractivity contribution in [3.05, 3.63) is 65.7 Å². The first-order valence-electron chi connectivity index (χ1n) is 8.03. The molecule has 3 aromatic rings. The highest BCUT2D eigenvalue weighted by Crippen LogP contribution is 2.20. The fourth-order valence-electron chi connectivity index (χ4n) is 2.79. The molecule has 0 saturated heterocycles. The van der Waals surface area contributed by atoms with E-state index < -0.39 is 11.9 Å². The third-order valence-corrected chi connectivity index (χ3v) is 4.29. The van der Waals surface area contributed by atoms with Crippen LogP contribution in [0, 0.1) is 5.82 Å². The van der Waals surface area contributed by atoms with Crippen molar-refractivity contribution in [2.75, 3.05) is 7.05 Å². The Hall–Kier alpha value is -2.73. The summed E-state index contributed by atoms with van der Waals surface area (Å²) < 4.78 is 15.2. The Labute approximate surface area is 145 Å². The molecule has 1 aromatic heterocycles. The molecule has 130 valence electrons. The van der Waals surface area contributed by atoms with Gasteiger partial charge >= 0.3 is 0 Å². The molecular formula is C19H20FN3O2. The lowest BCUT2D eigenvalue weighted by Crippen LogP contribution is -2.28. The van der Waals surface area contributed by atoms with E-state index in [1.807, 2.05) is 35.9 Å². The van der Waals surface area contributed by atoms with Crippen LogP contribution in [0.15, 0.2) is 48.5 Å². The van der Waals surface area contributed by atoms with E-state index in [1.165, 1.54) is 23.1 Å². The number of fused-ring (bicyclic) bond motifs is 1. The van der Waals surface area contributed by atoms with Gasteiger partial charge < -0.3 is 14.6 Å². The third kappa shape index (κ3) is 3.69. The highest BCUT2D eigenvalue weighted by molar-refractivity contribution is 5.77. The zero-order valence-corrected chi connectivity index (χ0v) is 14.2. The highest BCUT2D eigenvalue weighted by atomic mass is 19.1. The molecule has 0 aliphatic rings. The molecule has 25 heavy (non-hydrogen) atoms. The number of hydrogen-bond donors (Lipinski definition) is 1. The Bertz CT molecular complexity index is 907. The van der Waals surface area contributed by atoms with E-state index in [2.05, 4.69) is 4.98 Å². The third-order valence-electron chi connectivity index (χ3n) is 4.29. The van der Waals surface area contributed by atoms with Crippen LogP contribution in [0.1, 0.15) is 23.9 Å². The lowest BCUT2D eigenvalue weighted by atomic mass is 10.1. The second-order valence-corrected chi connectivity index (χ2v) is 6.10. The van der Waals surface area contributed by atoms with Crippen molar-refractivity contribution in [3.8, 4) is 0 Å². The molecule has 0 bridgehead atoms. The molecule has 1 amide bonds. The average Bonchev–Trinajstić information content (AvgIpc) is 2.91. The number of carbonyl (C=O) groups is 1. The fourth-order valence-corrected chi connectivity index (χ4v) is 2.79. The van der Waals surface area contributed by atoms with Crippen molar-refractivity contribution >= 4 is 16.9 Å². The van der Waals surface area contributed by atoms with Gasteiger partial charge in [-0.3, -0.25) is 4.79 Å². The molecule has 0 radical (unpaired) electrons. The van der Waals surface area contributed by atoms with Gasteiger partial charge in [-0.25, -0.2) is 9.37 Å². The number of imidazole rings is 1. The largest absolute Gasteiger partial charge is 0.388 e. The number of rotatable bonds is 5. The van der Waals surface area contributed by atoms with Crippen LogP contribution in [-0.2, 0) is 18.4 Å². The van der Waals surface area contributed by atoms with Crippen molar-refractivity contribution in [1.29, 1.82) is 0 Å². The maximum absolute atomic E-state index is 13.2. The summed E-state index contributed by atoms with van der Waals surface area (Å²) in [5, 5.41) is 10.2. The average molecular weight is 341 g/mol. The van der Waals surface area contributed by atoms with E-state index >= 15 is 0 Å². The van der Waals surface area contributed by atoms with E-state index in [-0.39, 0.29) is 12.3 Å². The van der Waals surface area contributed by atoms with Crippen LogP contribution >= 0.6 is 0 Å². The number of para-hydroxylation sites is 2. The smallest absolute Gasteiger partial charge is 0.225 e. The quantitative estimate of drug-likeness (QED) is 0.776. The summed E-state index contributed by atoms with van der Waals surface area (Å²) in [7, 11) is 3.57. The molecule has 1 heterocycles. The zero-order chi connectivity index (χ0) is 18.0. The van der Waals surface area contributed by atoms with Crippen LogP contribution < -0.4 is 0 Å². The van der Waals surface area contributed by atoms with Crippen LogP contribution in [0.4, 0.5) is 4.39 Å². The molecule has 0 fully saturated rings. The predicted molar refractivity (Wildman–Crippen MR) is 93.2 cm³/mol. The summed E-state index contributed by atoms with van der Waals surface area (Å²) in [6.07, 6.45) is -1.14. The molecule has 1 N–H and O–H groups in total. The fraction of sp³-hybridized carbons (Fsp3) is 0.263. The van der Waals surface area contributed by atoms with Gasteiger partial charge in [-0.2, -0.15) is 0 Å². The van der Waals surface area contributed by atoms with Gasteiger partial charge in [0.05, 0.1) is 30.1 Å². The Morgan fingerprint density at radius 1 is 1.28 bits per heavy atom. The SMILES string of the molecule is CN(Cc1nc2ccccc2n1C)C(=O)CC(O)c1cccc(F)c1. The highest BCUT2D eigenvalue weighted by Gasteiger charge is 2.18. The molecule has 6 heteroatoms. The number of aromatic nitrogens is 2. The van der Waals surface area contributed by atoms with Crippen LogP contribution in [-0.4, -0.2) is 32.5 Å². The van der Waals surface area contributed by atoms with E-state index in [4.69, 9.17) is 0 Å². The summed E-state index contributed by atoms with van der Waals surface area (Å²) in [4.78, 5) is 18.4. The van der Waals surface area contributed by atoms with Crippen LogP contribution in [0.5, 0.6) is 0 Å². The minimum absolute atomic E-state index is 0.107. The molecule has 5 nitrogen and oxygen atoms in total. The van der Waals surface area contributed by atoms with Gasteiger partial charge in [-0.1, -0.05) is 24.3 Å². The lowest BCUT2D eigenvalue weighted by Gasteiger charge is -2.19. The molecule has 0 aliphatic heterocycles. The number of carbonyl (C=O) groups excluding carboxylic acids is 1. The number of aliphatic hydroxyl groups excluding tert-OH is 1. The summed E-state index contributed by atoms with van der Waals surface area (Å²) in [6, 6.07) is 13.4. The number of aryl methyl sites for hydroxylation is 1. The molecule has 0 saturated carbocycles. The van der Waals surface area contributed by atoms with Crippen LogP contribution in [0.25, 0.3) is 11.0 Å². The first-order chi connectivity index (χ1) is 12.0. The lowest BCUT2D eigenvalue weighted by molar-refractivity contribution is -0.132. The first kappa shape index (κ1) is 17.1. The van der Waals surface area contributed by atoms with Gasteiger partial charge in [0.15, 0.2) is 0 Å². The number of amides is 1. The van der Waals surface area contributed by atoms with Gasteiger partial charge in [0.25, 0.3) is 0 Å². The van der Waals surface area contributed by atoms with Gasteiger partial charge in [-0.05, 0) is 29.8 Å². The predicted octanol–water partition coefficient (Wildman–Crippen LogP) is 2.79. The van der Waals surface area contributed by atoms with E-state index in [9.17, 15) is 14.3 Å². The van der Waals surface area contributed by atoms with Crippen LogP contribution in [0.2, 0.25) is 0 Å². The number of aliphatic hydroxyl groups is 1. The first-order valence-corrected chi connectivity index (χ1v) is 8.03. The van der Waals surface area contributed by atoms with Gasteiger partial charge in [-0.15, -0.1) is 0 Å². The second-order valence-electron chi connectivity index (χ2n) is 6.10. The molecule has 2 aromatic carbocycles. The Balaban J connectivity index is 1.68. The molecule has 0 spiro atoms. The molecular weight excluding hydrogens is 321 g/mol. The van der Waals surface area contributed by atoms with Crippen molar-refractivity contribution in [2.45, 2.75) is 19.1 Å². The Morgan fingerprint density at radius 2 is 2.04 bits per heavy atom. The van der Waals surface area contributed by atoms with Crippen LogP contribution in [0.3, 0.4) is 0 Å². The number of nitrogens with zero attached hydrogens (tertiary/aromatic N) is 3. The van der Waals surface area contributed by atoms with Gasteiger partial charge in [0.1, 0.15) is 11.6 Å². The number of halogens is 1.